The summed E-state index contributed by atoms with van der Waals surface area (Å²) in [6.45, 7) is 2.68. The van der Waals surface area contributed by atoms with Crippen LogP contribution >= 0.6 is 12.4 Å². The van der Waals surface area contributed by atoms with Crippen LogP contribution in [0.4, 0.5) is 0 Å². The number of rotatable bonds is 6. The zero-order chi connectivity index (χ0) is 17.6. The number of carbonyl (C=O) groups excluding carboxylic acids is 2. The van der Waals surface area contributed by atoms with Gasteiger partial charge in [0.1, 0.15) is 5.69 Å². The van der Waals surface area contributed by atoms with Crippen LogP contribution in [0.5, 0.6) is 0 Å². The molecule has 0 bridgehead atoms. The van der Waals surface area contributed by atoms with Gasteiger partial charge in [-0.2, -0.15) is 5.10 Å². The van der Waals surface area contributed by atoms with E-state index < -0.39 is 5.91 Å². The number of aromatic nitrogens is 2. The van der Waals surface area contributed by atoms with Gasteiger partial charge in [-0.25, -0.2) is 4.68 Å². The average Bonchev–Trinajstić information content (AvgIpc) is 3.09. The largest absolute Gasteiger partial charge is 0.364 e. The SMILES string of the molecule is Cl.NC(=O)c1cc(C(=O)NCCC2CCCNC2)nn1-c1ccccc1. The van der Waals surface area contributed by atoms with Crippen LogP contribution in [-0.4, -0.2) is 41.2 Å². The number of nitrogens with two attached hydrogens (primary N) is 1. The molecule has 1 unspecified atom stereocenters. The molecule has 2 heterocycles. The van der Waals surface area contributed by atoms with Gasteiger partial charge in [0, 0.05) is 12.6 Å². The number of amides is 2. The molecule has 140 valence electrons. The molecule has 2 amide bonds. The van der Waals surface area contributed by atoms with Crippen molar-refractivity contribution >= 4 is 24.2 Å². The van der Waals surface area contributed by atoms with Gasteiger partial charge in [-0.15, -0.1) is 12.4 Å². The van der Waals surface area contributed by atoms with E-state index >= 15 is 0 Å². The Hall–Kier alpha value is -2.38. The molecule has 1 aliphatic heterocycles. The fraction of sp³-hybridized carbons (Fsp3) is 0.389. The van der Waals surface area contributed by atoms with Crippen molar-refractivity contribution in [2.75, 3.05) is 19.6 Å². The number of hydrogen-bond acceptors (Lipinski definition) is 4. The second kappa shape index (κ2) is 9.35. The third kappa shape index (κ3) is 4.83. The zero-order valence-electron chi connectivity index (χ0n) is 14.5. The molecule has 26 heavy (non-hydrogen) atoms. The van der Waals surface area contributed by atoms with Crippen LogP contribution < -0.4 is 16.4 Å². The highest BCUT2D eigenvalue weighted by Gasteiger charge is 2.19. The molecule has 2 aromatic rings. The minimum atomic E-state index is -0.622. The molecule has 1 aliphatic rings. The first-order valence-corrected chi connectivity index (χ1v) is 8.59. The summed E-state index contributed by atoms with van der Waals surface area (Å²) < 4.78 is 1.41. The van der Waals surface area contributed by atoms with Crippen molar-refractivity contribution in [2.24, 2.45) is 11.7 Å². The van der Waals surface area contributed by atoms with Crippen molar-refractivity contribution in [3.05, 3.63) is 47.8 Å². The van der Waals surface area contributed by atoms with Gasteiger partial charge in [0.05, 0.1) is 5.69 Å². The van der Waals surface area contributed by atoms with Crippen LogP contribution in [0.1, 0.15) is 40.2 Å². The fourth-order valence-corrected chi connectivity index (χ4v) is 3.08. The number of primary amides is 1. The van der Waals surface area contributed by atoms with E-state index in [1.807, 2.05) is 18.2 Å². The molecular formula is C18H24ClN5O2. The predicted octanol–water partition coefficient (Wildman–Crippen LogP) is 1.51. The highest BCUT2D eigenvalue weighted by molar-refractivity contribution is 5.97. The Bertz CT molecular complexity index is 741. The van der Waals surface area contributed by atoms with Crippen molar-refractivity contribution in [2.45, 2.75) is 19.3 Å². The van der Waals surface area contributed by atoms with Crippen LogP contribution in [-0.2, 0) is 0 Å². The lowest BCUT2D eigenvalue weighted by Crippen LogP contribution is -2.33. The molecule has 4 N–H and O–H groups in total. The molecule has 0 aliphatic carbocycles. The Labute approximate surface area is 158 Å². The Balaban J connectivity index is 0.00000243. The molecule has 3 rings (SSSR count). The van der Waals surface area contributed by atoms with Gasteiger partial charge >= 0.3 is 0 Å². The van der Waals surface area contributed by atoms with E-state index in [0.29, 0.717) is 18.2 Å². The Morgan fingerprint density at radius 3 is 2.73 bits per heavy atom. The van der Waals surface area contributed by atoms with Crippen LogP contribution in [0.3, 0.4) is 0 Å². The second-order valence-electron chi connectivity index (χ2n) is 6.28. The van der Waals surface area contributed by atoms with Gasteiger partial charge in [0.2, 0.25) is 0 Å². The lowest BCUT2D eigenvalue weighted by Gasteiger charge is -2.22. The number of piperidine rings is 1. The van der Waals surface area contributed by atoms with Crippen molar-refractivity contribution in [3.8, 4) is 5.69 Å². The van der Waals surface area contributed by atoms with Gasteiger partial charge in [0.15, 0.2) is 5.69 Å². The molecule has 1 saturated heterocycles. The summed E-state index contributed by atoms with van der Waals surface area (Å²) >= 11 is 0. The Morgan fingerprint density at radius 2 is 2.08 bits per heavy atom. The van der Waals surface area contributed by atoms with Crippen LogP contribution in [0, 0.1) is 5.92 Å². The van der Waals surface area contributed by atoms with Gasteiger partial charge in [-0.1, -0.05) is 18.2 Å². The van der Waals surface area contributed by atoms with E-state index in [2.05, 4.69) is 15.7 Å². The topological polar surface area (TPSA) is 102 Å². The van der Waals surface area contributed by atoms with E-state index in [9.17, 15) is 9.59 Å². The quantitative estimate of drug-likeness (QED) is 0.710. The van der Waals surface area contributed by atoms with Crippen LogP contribution in [0.25, 0.3) is 5.69 Å². The number of halogens is 1. The maximum atomic E-state index is 12.4. The zero-order valence-corrected chi connectivity index (χ0v) is 15.3. The first-order valence-electron chi connectivity index (χ1n) is 8.59. The molecule has 1 aromatic heterocycles. The summed E-state index contributed by atoms with van der Waals surface area (Å²) in [6.07, 6.45) is 3.31. The monoisotopic (exact) mass is 377 g/mol. The third-order valence-electron chi connectivity index (χ3n) is 4.43. The molecule has 0 spiro atoms. The first kappa shape index (κ1) is 19.9. The molecule has 1 aromatic carbocycles. The van der Waals surface area contributed by atoms with E-state index in [4.69, 9.17) is 5.73 Å². The lowest BCUT2D eigenvalue weighted by atomic mass is 9.96. The summed E-state index contributed by atoms with van der Waals surface area (Å²) in [7, 11) is 0. The smallest absolute Gasteiger partial charge is 0.271 e. The van der Waals surface area contributed by atoms with Gasteiger partial charge in [-0.05, 0) is 50.4 Å². The summed E-state index contributed by atoms with van der Waals surface area (Å²) in [5.41, 5.74) is 6.49. The highest BCUT2D eigenvalue weighted by Crippen LogP contribution is 2.14. The van der Waals surface area contributed by atoms with Gasteiger partial charge in [-0.3, -0.25) is 9.59 Å². The normalized spacial score (nSPS) is 16.5. The average molecular weight is 378 g/mol. The summed E-state index contributed by atoms with van der Waals surface area (Å²) in [5, 5.41) is 10.5. The fourth-order valence-electron chi connectivity index (χ4n) is 3.08. The summed E-state index contributed by atoms with van der Waals surface area (Å²) in [5.74, 6) is -0.318. The van der Waals surface area contributed by atoms with Crippen LogP contribution in [0.2, 0.25) is 0 Å². The number of hydrogen-bond donors (Lipinski definition) is 3. The maximum Gasteiger partial charge on any atom is 0.271 e. The Morgan fingerprint density at radius 1 is 1.31 bits per heavy atom. The number of benzene rings is 1. The third-order valence-corrected chi connectivity index (χ3v) is 4.43. The molecule has 1 fully saturated rings. The van der Waals surface area contributed by atoms with Crippen molar-refractivity contribution in [1.29, 1.82) is 0 Å². The molecule has 8 heteroatoms. The molecule has 7 nitrogen and oxygen atoms in total. The van der Waals surface area contributed by atoms with E-state index in [-0.39, 0.29) is 29.7 Å². The molecule has 0 radical (unpaired) electrons. The highest BCUT2D eigenvalue weighted by atomic mass is 35.5. The number of carbonyl (C=O) groups is 2. The molecule has 1 atom stereocenters. The second-order valence-corrected chi connectivity index (χ2v) is 6.28. The number of para-hydroxylation sites is 1. The lowest BCUT2D eigenvalue weighted by molar-refractivity contribution is 0.0944. The van der Waals surface area contributed by atoms with Crippen molar-refractivity contribution < 1.29 is 9.59 Å². The number of nitrogens with one attached hydrogen (secondary N) is 2. The number of nitrogens with zero attached hydrogens (tertiary/aromatic N) is 2. The van der Waals surface area contributed by atoms with Gasteiger partial charge in [0.25, 0.3) is 11.8 Å². The van der Waals surface area contributed by atoms with E-state index in [0.717, 1.165) is 19.5 Å². The first-order chi connectivity index (χ1) is 12.1. The van der Waals surface area contributed by atoms with Crippen molar-refractivity contribution in [3.63, 3.8) is 0 Å². The summed E-state index contributed by atoms with van der Waals surface area (Å²) in [6, 6.07) is 10.6. The Kier molecular flexibility index (Phi) is 7.17. The van der Waals surface area contributed by atoms with E-state index in [1.165, 1.54) is 23.6 Å². The van der Waals surface area contributed by atoms with E-state index in [1.54, 1.807) is 12.1 Å². The van der Waals surface area contributed by atoms with Crippen molar-refractivity contribution in [1.82, 2.24) is 20.4 Å². The summed E-state index contributed by atoms with van der Waals surface area (Å²) in [4.78, 5) is 24.0. The standard InChI is InChI=1S/C18H23N5O2.ClH/c19-17(24)16-11-15(22-23(16)14-6-2-1-3-7-14)18(25)21-10-8-13-5-4-9-20-12-13;/h1-3,6-7,11,13,20H,4-5,8-10,12H2,(H2,19,24)(H,21,25);1H. The molecule has 0 saturated carbocycles. The maximum absolute atomic E-state index is 12.4. The molecular weight excluding hydrogens is 354 g/mol. The minimum Gasteiger partial charge on any atom is -0.364 e. The van der Waals surface area contributed by atoms with Crippen LogP contribution in [0.15, 0.2) is 36.4 Å². The van der Waals surface area contributed by atoms with Gasteiger partial charge < -0.3 is 16.4 Å². The predicted molar refractivity (Wildman–Crippen MR) is 102 cm³/mol. The minimum absolute atomic E-state index is 0.